The molecule has 0 aliphatic heterocycles. The van der Waals surface area contributed by atoms with Crippen molar-refractivity contribution in [2.45, 2.75) is 23.4 Å². The molecule has 1 aromatic rings. The Balaban J connectivity index is 2.99. The largest absolute Gasteiger partial charge is 0.492 e. The van der Waals surface area contributed by atoms with Gasteiger partial charge in [0.1, 0.15) is 0 Å². The van der Waals surface area contributed by atoms with Crippen molar-refractivity contribution in [3.05, 3.63) is 6.20 Å². The molecule has 0 bridgehead atoms. The normalized spacial score (nSPS) is 11.6. The first-order chi connectivity index (χ1) is 6.95. The second-order valence-electron chi connectivity index (χ2n) is 2.66. The summed E-state index contributed by atoms with van der Waals surface area (Å²) in [5.74, 6) is 0.0381. The van der Waals surface area contributed by atoms with Gasteiger partial charge in [-0.05, 0) is 6.42 Å². The van der Waals surface area contributed by atoms with Crippen LogP contribution in [0.4, 0.5) is 0 Å². The van der Waals surface area contributed by atoms with Gasteiger partial charge in [0.15, 0.2) is 10.1 Å². The minimum Gasteiger partial charge on any atom is -0.492 e. The summed E-state index contributed by atoms with van der Waals surface area (Å²) >= 11 is 1.30. The van der Waals surface area contributed by atoms with Crippen LogP contribution in [0.15, 0.2) is 16.2 Å². The molecular weight excluding hydrogens is 240 g/mol. The standard InChI is InChI=1S/C7H10N2O4S2/c1-2-3-14-7-8-4-5(6(10)9-7)15(11,12)13/h4H,2-3H2,1H3,(H,8,9,10)(H,11,12,13). The fraction of sp³-hybridized carbons (Fsp3) is 0.429. The van der Waals surface area contributed by atoms with Crippen LogP contribution in [-0.4, -0.2) is 33.8 Å². The Labute approximate surface area is 91.5 Å². The number of nitrogens with zero attached hydrogens (tertiary/aromatic N) is 2. The summed E-state index contributed by atoms with van der Waals surface area (Å²) in [5, 5.41) is 9.50. The van der Waals surface area contributed by atoms with Crippen LogP contribution in [0.2, 0.25) is 0 Å². The lowest BCUT2D eigenvalue weighted by Crippen LogP contribution is -2.01. The van der Waals surface area contributed by atoms with E-state index < -0.39 is 20.9 Å². The molecule has 0 saturated carbocycles. The molecule has 15 heavy (non-hydrogen) atoms. The summed E-state index contributed by atoms with van der Waals surface area (Å²) in [4.78, 5) is 6.56. The van der Waals surface area contributed by atoms with E-state index >= 15 is 0 Å². The molecule has 0 aromatic carbocycles. The van der Waals surface area contributed by atoms with Crippen molar-refractivity contribution in [3.8, 4) is 5.88 Å². The lowest BCUT2D eigenvalue weighted by atomic mass is 10.6. The quantitative estimate of drug-likeness (QED) is 0.465. The second kappa shape index (κ2) is 4.77. The summed E-state index contributed by atoms with van der Waals surface area (Å²) < 4.78 is 30.0. The van der Waals surface area contributed by atoms with Gasteiger partial charge in [-0.25, -0.2) is 4.98 Å². The molecule has 6 nitrogen and oxygen atoms in total. The molecule has 0 aliphatic rings. The third kappa shape index (κ3) is 3.33. The summed E-state index contributed by atoms with van der Waals surface area (Å²) in [6, 6.07) is 0. The van der Waals surface area contributed by atoms with Gasteiger partial charge in [0.05, 0.1) is 6.20 Å². The third-order valence-corrected chi connectivity index (χ3v) is 3.34. The Morgan fingerprint density at radius 2 is 2.20 bits per heavy atom. The molecule has 84 valence electrons. The Kier molecular flexibility index (Phi) is 3.89. The maximum absolute atomic E-state index is 10.7. The highest BCUT2D eigenvalue weighted by atomic mass is 32.2. The van der Waals surface area contributed by atoms with Crippen molar-refractivity contribution in [2.24, 2.45) is 0 Å². The van der Waals surface area contributed by atoms with Crippen LogP contribution in [0, 0.1) is 0 Å². The van der Waals surface area contributed by atoms with Gasteiger partial charge in [-0.15, -0.1) is 0 Å². The van der Waals surface area contributed by atoms with Crippen molar-refractivity contribution in [3.63, 3.8) is 0 Å². The van der Waals surface area contributed by atoms with E-state index in [1.54, 1.807) is 0 Å². The van der Waals surface area contributed by atoms with Gasteiger partial charge in [0, 0.05) is 5.75 Å². The first kappa shape index (κ1) is 12.2. The van der Waals surface area contributed by atoms with E-state index in [2.05, 4.69) is 9.97 Å². The first-order valence-corrected chi connectivity index (χ1v) is 6.54. The highest BCUT2D eigenvalue weighted by Crippen LogP contribution is 2.22. The fourth-order valence-corrected chi connectivity index (χ4v) is 1.92. The highest BCUT2D eigenvalue weighted by Gasteiger charge is 2.17. The zero-order valence-electron chi connectivity index (χ0n) is 7.91. The Hall–Kier alpha value is -0.860. The number of aromatic hydroxyl groups is 1. The Morgan fingerprint density at radius 1 is 1.53 bits per heavy atom. The van der Waals surface area contributed by atoms with E-state index in [4.69, 9.17) is 4.55 Å². The van der Waals surface area contributed by atoms with Gasteiger partial charge in [0.25, 0.3) is 0 Å². The fourth-order valence-electron chi connectivity index (χ4n) is 0.791. The van der Waals surface area contributed by atoms with E-state index in [1.807, 2.05) is 6.92 Å². The molecule has 1 aromatic heterocycles. The summed E-state index contributed by atoms with van der Waals surface area (Å²) in [7, 11) is -4.46. The molecule has 8 heteroatoms. The second-order valence-corrected chi connectivity index (χ2v) is 5.12. The lowest BCUT2D eigenvalue weighted by Gasteiger charge is -2.01. The summed E-state index contributed by atoms with van der Waals surface area (Å²) in [5.41, 5.74) is 0. The molecule has 0 radical (unpaired) electrons. The molecule has 0 unspecified atom stereocenters. The van der Waals surface area contributed by atoms with Crippen molar-refractivity contribution < 1.29 is 18.1 Å². The van der Waals surface area contributed by atoms with Crippen LogP contribution in [0.3, 0.4) is 0 Å². The zero-order valence-corrected chi connectivity index (χ0v) is 9.55. The molecule has 0 fully saturated rings. The zero-order chi connectivity index (χ0) is 11.5. The summed E-state index contributed by atoms with van der Waals surface area (Å²) in [6.07, 6.45) is 1.80. The minimum atomic E-state index is -4.46. The third-order valence-electron chi connectivity index (χ3n) is 1.43. The van der Waals surface area contributed by atoms with Crippen molar-refractivity contribution in [2.75, 3.05) is 5.75 Å². The molecule has 0 atom stereocenters. The Morgan fingerprint density at radius 3 is 2.67 bits per heavy atom. The minimum absolute atomic E-state index is 0.279. The van der Waals surface area contributed by atoms with Crippen LogP contribution in [0.1, 0.15) is 13.3 Å². The molecule has 1 rings (SSSR count). The maximum atomic E-state index is 10.7. The van der Waals surface area contributed by atoms with E-state index in [9.17, 15) is 13.5 Å². The average Bonchev–Trinajstić information content (AvgIpc) is 2.12. The van der Waals surface area contributed by atoms with E-state index in [0.29, 0.717) is 0 Å². The van der Waals surface area contributed by atoms with Gasteiger partial charge < -0.3 is 5.11 Å². The molecule has 0 amide bonds. The predicted octanol–water partition coefficient (Wildman–Crippen LogP) is 0.931. The van der Waals surface area contributed by atoms with Crippen molar-refractivity contribution in [1.29, 1.82) is 0 Å². The van der Waals surface area contributed by atoms with Crippen LogP contribution >= 0.6 is 11.8 Å². The van der Waals surface area contributed by atoms with Crippen LogP contribution in [0.25, 0.3) is 0 Å². The van der Waals surface area contributed by atoms with Gasteiger partial charge in [0.2, 0.25) is 5.88 Å². The number of thioether (sulfide) groups is 1. The van der Waals surface area contributed by atoms with Gasteiger partial charge in [-0.1, -0.05) is 18.7 Å². The number of aromatic nitrogens is 2. The van der Waals surface area contributed by atoms with E-state index in [-0.39, 0.29) is 5.16 Å². The lowest BCUT2D eigenvalue weighted by molar-refractivity contribution is 0.417. The smallest absolute Gasteiger partial charge is 0.301 e. The van der Waals surface area contributed by atoms with Gasteiger partial charge in [-0.3, -0.25) is 4.55 Å². The molecule has 2 N–H and O–H groups in total. The molecule has 1 heterocycles. The van der Waals surface area contributed by atoms with Crippen molar-refractivity contribution in [1.82, 2.24) is 9.97 Å². The van der Waals surface area contributed by atoms with Crippen LogP contribution in [0.5, 0.6) is 5.88 Å². The highest BCUT2D eigenvalue weighted by molar-refractivity contribution is 7.99. The number of hydrogen-bond donors (Lipinski definition) is 2. The summed E-state index contributed by atoms with van der Waals surface area (Å²) in [6.45, 7) is 1.97. The van der Waals surface area contributed by atoms with Gasteiger partial charge in [-0.2, -0.15) is 13.4 Å². The average molecular weight is 250 g/mol. The molecule has 0 aliphatic carbocycles. The molecule has 0 spiro atoms. The number of rotatable bonds is 4. The molecular formula is C7H10N2O4S2. The van der Waals surface area contributed by atoms with Crippen molar-refractivity contribution >= 4 is 21.9 Å². The van der Waals surface area contributed by atoms with E-state index in [1.165, 1.54) is 11.8 Å². The van der Waals surface area contributed by atoms with Crippen LogP contribution in [-0.2, 0) is 10.1 Å². The SMILES string of the molecule is CCCSc1ncc(S(=O)(=O)O)c(O)n1. The predicted molar refractivity (Wildman–Crippen MR) is 54.5 cm³/mol. The van der Waals surface area contributed by atoms with E-state index in [0.717, 1.165) is 18.4 Å². The maximum Gasteiger partial charge on any atom is 0.301 e. The van der Waals surface area contributed by atoms with Gasteiger partial charge >= 0.3 is 10.1 Å². The monoisotopic (exact) mass is 250 g/mol. The first-order valence-electron chi connectivity index (χ1n) is 4.11. The number of hydrogen-bond acceptors (Lipinski definition) is 6. The molecule has 0 saturated heterocycles. The van der Waals surface area contributed by atoms with Crippen LogP contribution < -0.4 is 0 Å². The topological polar surface area (TPSA) is 100 Å². The Bertz CT molecular complexity index is 446.